The molecule has 0 fully saturated rings. The predicted molar refractivity (Wildman–Crippen MR) is 84.6 cm³/mol. The fourth-order valence-electron chi connectivity index (χ4n) is 1.69. The van der Waals surface area contributed by atoms with Gasteiger partial charge in [0.05, 0.1) is 16.5 Å². The Morgan fingerprint density at radius 2 is 2.05 bits per heavy atom. The van der Waals surface area contributed by atoms with Crippen molar-refractivity contribution in [3.63, 3.8) is 0 Å². The van der Waals surface area contributed by atoms with Crippen LogP contribution in [0.5, 0.6) is 5.75 Å². The SMILES string of the molecule is CCCCOc1ccc(C(=O)c2cccs2)c(Cl)c1Cl. The molecule has 0 unspecified atom stereocenters. The lowest BCUT2D eigenvalue weighted by Gasteiger charge is -2.10. The van der Waals surface area contributed by atoms with Crippen molar-refractivity contribution in [3.8, 4) is 5.75 Å². The van der Waals surface area contributed by atoms with Gasteiger partial charge in [-0.3, -0.25) is 4.79 Å². The molecule has 0 aliphatic carbocycles. The van der Waals surface area contributed by atoms with Crippen LogP contribution in [0, 0.1) is 0 Å². The van der Waals surface area contributed by atoms with Crippen molar-refractivity contribution in [2.24, 2.45) is 0 Å². The van der Waals surface area contributed by atoms with E-state index in [1.165, 1.54) is 11.3 Å². The first kappa shape index (κ1) is 15.4. The van der Waals surface area contributed by atoms with E-state index in [4.69, 9.17) is 27.9 Å². The fourth-order valence-corrected chi connectivity index (χ4v) is 2.82. The van der Waals surface area contributed by atoms with Crippen LogP contribution >= 0.6 is 34.5 Å². The number of thiophene rings is 1. The third-order valence-corrected chi connectivity index (χ3v) is 4.53. The van der Waals surface area contributed by atoms with Gasteiger partial charge in [0.1, 0.15) is 10.8 Å². The molecule has 0 saturated heterocycles. The van der Waals surface area contributed by atoms with Crippen molar-refractivity contribution in [1.82, 2.24) is 0 Å². The van der Waals surface area contributed by atoms with Gasteiger partial charge in [-0.05, 0) is 30.0 Å². The summed E-state index contributed by atoms with van der Waals surface area (Å²) in [5, 5.41) is 2.40. The molecule has 0 bridgehead atoms. The molecular weight excluding hydrogens is 315 g/mol. The highest BCUT2D eigenvalue weighted by molar-refractivity contribution is 7.12. The van der Waals surface area contributed by atoms with E-state index in [1.807, 2.05) is 11.4 Å². The van der Waals surface area contributed by atoms with Gasteiger partial charge >= 0.3 is 0 Å². The molecule has 0 radical (unpaired) electrons. The number of ketones is 1. The second-order valence-electron chi connectivity index (χ2n) is 4.25. The Kier molecular flexibility index (Phi) is 5.46. The molecule has 106 valence electrons. The highest BCUT2D eigenvalue weighted by Crippen LogP contribution is 2.36. The van der Waals surface area contributed by atoms with Crippen LogP contribution in [0.2, 0.25) is 10.0 Å². The molecule has 2 rings (SSSR count). The number of benzene rings is 1. The number of halogens is 2. The zero-order valence-corrected chi connectivity index (χ0v) is 13.3. The largest absolute Gasteiger partial charge is 0.492 e. The van der Waals surface area contributed by atoms with Crippen molar-refractivity contribution >= 4 is 40.3 Å². The Morgan fingerprint density at radius 1 is 1.25 bits per heavy atom. The van der Waals surface area contributed by atoms with Crippen LogP contribution in [-0.2, 0) is 0 Å². The maximum atomic E-state index is 12.3. The van der Waals surface area contributed by atoms with E-state index in [9.17, 15) is 4.79 Å². The lowest BCUT2D eigenvalue weighted by atomic mass is 10.1. The van der Waals surface area contributed by atoms with Crippen LogP contribution < -0.4 is 4.74 Å². The lowest BCUT2D eigenvalue weighted by molar-refractivity contribution is 0.104. The lowest BCUT2D eigenvalue weighted by Crippen LogP contribution is -2.02. The molecule has 0 aliphatic rings. The molecule has 0 amide bonds. The Hall–Kier alpha value is -1.03. The first-order valence-corrected chi connectivity index (χ1v) is 7.97. The molecule has 0 N–H and O–H groups in total. The monoisotopic (exact) mass is 328 g/mol. The third-order valence-electron chi connectivity index (χ3n) is 2.79. The molecule has 20 heavy (non-hydrogen) atoms. The van der Waals surface area contributed by atoms with Crippen LogP contribution in [0.3, 0.4) is 0 Å². The van der Waals surface area contributed by atoms with Crippen molar-refractivity contribution in [1.29, 1.82) is 0 Å². The highest BCUT2D eigenvalue weighted by atomic mass is 35.5. The Labute approximate surface area is 132 Å². The van der Waals surface area contributed by atoms with Crippen LogP contribution in [0.1, 0.15) is 35.0 Å². The van der Waals surface area contributed by atoms with Crippen LogP contribution in [0.4, 0.5) is 0 Å². The van der Waals surface area contributed by atoms with Gasteiger partial charge in [-0.2, -0.15) is 0 Å². The third kappa shape index (κ3) is 3.35. The molecule has 1 heterocycles. The van der Waals surface area contributed by atoms with Crippen LogP contribution in [0.25, 0.3) is 0 Å². The van der Waals surface area contributed by atoms with Crippen LogP contribution in [0.15, 0.2) is 29.6 Å². The van der Waals surface area contributed by atoms with E-state index >= 15 is 0 Å². The number of rotatable bonds is 6. The minimum Gasteiger partial charge on any atom is -0.492 e. The van der Waals surface area contributed by atoms with Gasteiger partial charge in [-0.15, -0.1) is 11.3 Å². The zero-order valence-electron chi connectivity index (χ0n) is 11.0. The van der Waals surface area contributed by atoms with Crippen molar-refractivity contribution in [2.75, 3.05) is 6.61 Å². The molecule has 5 heteroatoms. The van der Waals surface area contributed by atoms with Gasteiger partial charge in [0, 0.05) is 5.56 Å². The first-order valence-electron chi connectivity index (χ1n) is 6.34. The van der Waals surface area contributed by atoms with Gasteiger partial charge in [-0.25, -0.2) is 0 Å². The molecule has 2 nitrogen and oxygen atoms in total. The number of carbonyl (C=O) groups excluding carboxylic acids is 1. The Balaban J connectivity index is 2.24. The standard InChI is InChI=1S/C15H14Cl2O2S/c1-2-3-8-19-11-7-6-10(13(16)14(11)17)15(18)12-5-4-9-20-12/h4-7,9H,2-3,8H2,1H3. The molecular formula is C15H14Cl2O2S. The summed E-state index contributed by atoms with van der Waals surface area (Å²) >= 11 is 13.8. The number of ether oxygens (including phenoxy) is 1. The minimum absolute atomic E-state index is 0.119. The summed E-state index contributed by atoms with van der Waals surface area (Å²) < 4.78 is 5.56. The summed E-state index contributed by atoms with van der Waals surface area (Å²) in [6, 6.07) is 6.96. The maximum absolute atomic E-state index is 12.3. The molecule has 1 aromatic heterocycles. The normalized spacial score (nSPS) is 10.6. The zero-order chi connectivity index (χ0) is 14.5. The van der Waals surface area contributed by atoms with Gasteiger partial charge in [0.15, 0.2) is 0 Å². The number of carbonyl (C=O) groups is 1. The number of unbranched alkanes of at least 4 members (excludes halogenated alkanes) is 1. The molecule has 0 aliphatic heterocycles. The van der Waals surface area contributed by atoms with Crippen molar-refractivity contribution in [2.45, 2.75) is 19.8 Å². The van der Waals surface area contributed by atoms with E-state index in [0.29, 0.717) is 27.8 Å². The van der Waals surface area contributed by atoms with Gasteiger partial charge < -0.3 is 4.74 Å². The maximum Gasteiger partial charge on any atom is 0.204 e. The summed E-state index contributed by atoms with van der Waals surface area (Å²) in [6.07, 6.45) is 1.99. The Bertz CT molecular complexity index is 594. The highest BCUT2D eigenvalue weighted by Gasteiger charge is 2.18. The van der Waals surface area contributed by atoms with Crippen molar-refractivity contribution in [3.05, 3.63) is 50.1 Å². The summed E-state index contributed by atoms with van der Waals surface area (Å²) in [5.74, 6) is 0.403. The summed E-state index contributed by atoms with van der Waals surface area (Å²) in [5.41, 5.74) is 0.405. The molecule has 0 saturated carbocycles. The smallest absolute Gasteiger partial charge is 0.204 e. The second kappa shape index (κ2) is 7.11. The molecule has 0 atom stereocenters. The average Bonchev–Trinajstić information content (AvgIpc) is 2.97. The van der Waals surface area contributed by atoms with Gasteiger partial charge in [0.25, 0.3) is 0 Å². The summed E-state index contributed by atoms with van der Waals surface area (Å²) in [6.45, 7) is 2.67. The first-order chi connectivity index (χ1) is 9.65. The van der Waals surface area contributed by atoms with E-state index in [1.54, 1.807) is 18.2 Å². The average molecular weight is 329 g/mol. The number of hydrogen-bond donors (Lipinski definition) is 0. The van der Waals surface area contributed by atoms with E-state index in [-0.39, 0.29) is 10.8 Å². The molecule has 2 aromatic rings. The summed E-state index contributed by atoms with van der Waals surface area (Å²) in [7, 11) is 0. The second-order valence-corrected chi connectivity index (χ2v) is 5.95. The van der Waals surface area contributed by atoms with E-state index in [2.05, 4.69) is 6.92 Å². The Morgan fingerprint density at radius 3 is 2.70 bits per heavy atom. The van der Waals surface area contributed by atoms with E-state index < -0.39 is 0 Å². The van der Waals surface area contributed by atoms with Crippen molar-refractivity contribution < 1.29 is 9.53 Å². The van der Waals surface area contributed by atoms with Gasteiger partial charge in [-0.1, -0.05) is 42.6 Å². The van der Waals surface area contributed by atoms with Crippen LogP contribution in [-0.4, -0.2) is 12.4 Å². The predicted octanol–water partition coefficient (Wildman–Crippen LogP) is 5.46. The quantitative estimate of drug-likeness (QED) is 0.519. The topological polar surface area (TPSA) is 26.3 Å². The fraction of sp³-hybridized carbons (Fsp3) is 0.267. The summed E-state index contributed by atoms with van der Waals surface area (Å²) in [4.78, 5) is 12.9. The van der Waals surface area contributed by atoms with E-state index in [0.717, 1.165) is 12.8 Å². The number of hydrogen-bond acceptors (Lipinski definition) is 3. The van der Waals surface area contributed by atoms with Gasteiger partial charge in [0.2, 0.25) is 5.78 Å². The molecule has 0 spiro atoms. The molecule has 1 aromatic carbocycles. The minimum atomic E-state index is -0.119.